The van der Waals surface area contributed by atoms with Crippen LogP contribution in [0.2, 0.25) is 0 Å². The Morgan fingerprint density at radius 1 is 1.32 bits per heavy atom. The van der Waals surface area contributed by atoms with Crippen molar-refractivity contribution >= 4 is 17.9 Å². The molecule has 3 unspecified atom stereocenters. The van der Waals surface area contributed by atoms with Crippen LogP contribution < -0.4 is 10.6 Å². The Balaban J connectivity index is 1.78. The number of hydrogen-bond donors (Lipinski definition) is 3. The molecule has 1 aliphatic carbocycles. The zero-order valence-corrected chi connectivity index (χ0v) is 12.3. The van der Waals surface area contributed by atoms with Crippen LogP contribution in [0.5, 0.6) is 0 Å². The lowest BCUT2D eigenvalue weighted by molar-refractivity contribution is -0.139. The minimum Gasteiger partial charge on any atom is -0.481 e. The molecule has 1 heterocycles. The number of carboxylic acids is 1. The first kappa shape index (κ1) is 14.6. The van der Waals surface area contributed by atoms with Gasteiger partial charge < -0.3 is 10.4 Å². The predicted molar refractivity (Wildman–Crippen MR) is 78.1 cm³/mol. The first-order valence-electron chi connectivity index (χ1n) is 7.34. The highest BCUT2D eigenvalue weighted by molar-refractivity contribution is 6.07. The molecule has 1 aliphatic heterocycles. The van der Waals surface area contributed by atoms with Gasteiger partial charge in [0.15, 0.2) is 0 Å². The third-order valence-corrected chi connectivity index (χ3v) is 4.64. The Bertz CT molecular complexity index is 640. The number of hydrogen-bond acceptors (Lipinski definition) is 3. The number of aliphatic carboxylic acids is 1. The van der Waals surface area contributed by atoms with Gasteiger partial charge in [0, 0.05) is 5.92 Å². The van der Waals surface area contributed by atoms with E-state index in [1.165, 1.54) is 0 Å². The molecule has 116 valence electrons. The molecule has 22 heavy (non-hydrogen) atoms. The molecule has 6 heteroatoms. The fourth-order valence-corrected chi connectivity index (χ4v) is 3.24. The second kappa shape index (κ2) is 5.12. The number of nitrogens with one attached hydrogen (secondary N) is 2. The van der Waals surface area contributed by atoms with Crippen molar-refractivity contribution in [1.29, 1.82) is 0 Å². The smallest absolute Gasteiger partial charge is 0.322 e. The minimum atomic E-state index is -1.09. The van der Waals surface area contributed by atoms with E-state index in [2.05, 4.69) is 10.6 Å². The van der Waals surface area contributed by atoms with Gasteiger partial charge in [-0.2, -0.15) is 0 Å². The molecule has 3 rings (SSSR count). The van der Waals surface area contributed by atoms with Crippen LogP contribution in [-0.4, -0.2) is 28.6 Å². The fourth-order valence-electron chi connectivity index (χ4n) is 3.24. The summed E-state index contributed by atoms with van der Waals surface area (Å²) in [7, 11) is 0. The van der Waals surface area contributed by atoms with Gasteiger partial charge in [0.2, 0.25) is 0 Å². The fraction of sp³-hybridized carbons (Fsp3) is 0.438. The lowest BCUT2D eigenvalue weighted by Crippen LogP contribution is -2.50. The molecule has 1 aromatic rings. The van der Waals surface area contributed by atoms with E-state index in [1.807, 2.05) is 31.2 Å². The molecule has 3 atom stereocenters. The van der Waals surface area contributed by atoms with Crippen molar-refractivity contribution in [2.24, 2.45) is 11.8 Å². The molecule has 0 radical (unpaired) electrons. The third kappa shape index (κ3) is 2.45. The summed E-state index contributed by atoms with van der Waals surface area (Å²) in [5.74, 6) is -2.20. The summed E-state index contributed by atoms with van der Waals surface area (Å²) >= 11 is 0. The lowest BCUT2D eigenvalue weighted by Gasteiger charge is -2.26. The number of benzene rings is 1. The average molecular weight is 302 g/mol. The van der Waals surface area contributed by atoms with Crippen LogP contribution in [0.3, 0.4) is 0 Å². The largest absolute Gasteiger partial charge is 0.481 e. The van der Waals surface area contributed by atoms with E-state index in [0.717, 1.165) is 11.1 Å². The van der Waals surface area contributed by atoms with Gasteiger partial charge in [-0.3, -0.25) is 14.9 Å². The number of urea groups is 1. The molecule has 3 N–H and O–H groups in total. The number of imide groups is 1. The summed E-state index contributed by atoms with van der Waals surface area (Å²) in [6, 6.07) is 7.42. The molecule has 1 saturated heterocycles. The van der Waals surface area contributed by atoms with Crippen molar-refractivity contribution in [3.8, 4) is 0 Å². The summed E-state index contributed by atoms with van der Waals surface area (Å²) in [5, 5.41) is 14.1. The van der Waals surface area contributed by atoms with Gasteiger partial charge >= 0.3 is 12.0 Å². The van der Waals surface area contributed by atoms with E-state index in [9.17, 15) is 14.4 Å². The van der Waals surface area contributed by atoms with Crippen molar-refractivity contribution in [3.63, 3.8) is 0 Å². The molecule has 1 aromatic carbocycles. The molecular formula is C16H18N2O4. The highest BCUT2D eigenvalue weighted by Gasteiger charge is 2.62. The van der Waals surface area contributed by atoms with E-state index < -0.39 is 29.4 Å². The molecular weight excluding hydrogens is 284 g/mol. The van der Waals surface area contributed by atoms with E-state index in [1.54, 1.807) is 0 Å². The van der Waals surface area contributed by atoms with E-state index >= 15 is 0 Å². The second-order valence-corrected chi connectivity index (χ2v) is 6.15. The van der Waals surface area contributed by atoms with Crippen LogP contribution in [0.25, 0.3) is 0 Å². The van der Waals surface area contributed by atoms with Crippen molar-refractivity contribution in [3.05, 3.63) is 35.4 Å². The molecule has 2 fully saturated rings. The number of amides is 3. The van der Waals surface area contributed by atoms with Crippen molar-refractivity contribution < 1.29 is 19.5 Å². The van der Waals surface area contributed by atoms with Crippen molar-refractivity contribution in [2.75, 3.05) is 0 Å². The van der Waals surface area contributed by atoms with Gasteiger partial charge in [-0.25, -0.2) is 4.79 Å². The molecule has 3 amide bonds. The van der Waals surface area contributed by atoms with E-state index in [-0.39, 0.29) is 5.92 Å². The Labute approximate surface area is 127 Å². The van der Waals surface area contributed by atoms with Crippen LogP contribution in [0.1, 0.15) is 24.0 Å². The van der Waals surface area contributed by atoms with E-state index in [4.69, 9.17) is 5.11 Å². The van der Waals surface area contributed by atoms with Crippen LogP contribution >= 0.6 is 0 Å². The zero-order chi connectivity index (χ0) is 15.9. The summed E-state index contributed by atoms with van der Waals surface area (Å²) in [5.41, 5.74) is 1.12. The van der Waals surface area contributed by atoms with Gasteiger partial charge in [-0.15, -0.1) is 0 Å². The normalized spacial score (nSPS) is 29.9. The third-order valence-electron chi connectivity index (χ3n) is 4.64. The maximum atomic E-state index is 12.2. The van der Waals surface area contributed by atoms with Gasteiger partial charge in [-0.1, -0.05) is 29.8 Å². The van der Waals surface area contributed by atoms with Gasteiger partial charge in [0.1, 0.15) is 5.54 Å². The van der Waals surface area contributed by atoms with Crippen LogP contribution in [-0.2, 0) is 16.0 Å². The zero-order valence-electron chi connectivity index (χ0n) is 12.3. The molecule has 0 bridgehead atoms. The van der Waals surface area contributed by atoms with Crippen LogP contribution in [0.4, 0.5) is 4.79 Å². The van der Waals surface area contributed by atoms with Crippen molar-refractivity contribution in [1.82, 2.24) is 10.6 Å². The highest BCUT2D eigenvalue weighted by atomic mass is 16.4. The van der Waals surface area contributed by atoms with Gasteiger partial charge in [0.05, 0.1) is 5.92 Å². The Morgan fingerprint density at radius 2 is 2.00 bits per heavy atom. The lowest BCUT2D eigenvalue weighted by atomic mass is 9.85. The summed E-state index contributed by atoms with van der Waals surface area (Å²) in [4.78, 5) is 34.9. The van der Waals surface area contributed by atoms with Gasteiger partial charge in [0.25, 0.3) is 5.91 Å². The number of carbonyl (C=O) groups excluding carboxylic acids is 2. The maximum absolute atomic E-state index is 12.2. The number of rotatable bonds is 5. The topological polar surface area (TPSA) is 95.5 Å². The summed E-state index contributed by atoms with van der Waals surface area (Å²) < 4.78 is 0. The minimum absolute atomic E-state index is 0.332. The molecule has 1 saturated carbocycles. The van der Waals surface area contributed by atoms with E-state index in [0.29, 0.717) is 19.3 Å². The predicted octanol–water partition coefficient (Wildman–Crippen LogP) is 1.23. The molecule has 0 spiro atoms. The first-order valence-corrected chi connectivity index (χ1v) is 7.34. The standard InChI is InChI=1S/C16H18N2O4/c1-9-2-4-10(5-3-9)6-7-16(12-8-11(12)13(19)20)14(21)17-15(22)18-16/h2-5,11-12H,6-8H2,1H3,(H,19,20)(H2,17,18,21,22). The number of aryl methyl sites for hydroxylation is 2. The molecule has 2 aliphatic rings. The quantitative estimate of drug-likeness (QED) is 0.713. The van der Waals surface area contributed by atoms with Crippen LogP contribution in [0.15, 0.2) is 24.3 Å². The first-order chi connectivity index (χ1) is 10.4. The van der Waals surface area contributed by atoms with Crippen molar-refractivity contribution in [2.45, 2.75) is 31.7 Å². The Kier molecular flexibility index (Phi) is 3.39. The molecule has 0 aromatic heterocycles. The van der Waals surface area contributed by atoms with Gasteiger partial charge in [-0.05, 0) is 31.7 Å². The Hall–Kier alpha value is -2.37. The monoisotopic (exact) mass is 302 g/mol. The maximum Gasteiger partial charge on any atom is 0.322 e. The highest BCUT2D eigenvalue weighted by Crippen LogP contribution is 2.49. The number of carboxylic acid groups (broad SMARTS) is 1. The molecule has 6 nitrogen and oxygen atoms in total. The SMILES string of the molecule is Cc1ccc(CCC2(C3CC3C(=O)O)NC(=O)NC2=O)cc1. The summed E-state index contributed by atoms with van der Waals surface area (Å²) in [6.07, 6.45) is 1.44. The second-order valence-electron chi connectivity index (χ2n) is 6.15. The Morgan fingerprint density at radius 3 is 2.50 bits per heavy atom. The average Bonchev–Trinajstić information content (AvgIpc) is 3.21. The number of carbonyl (C=O) groups is 3. The van der Waals surface area contributed by atoms with Crippen LogP contribution in [0, 0.1) is 18.8 Å². The summed E-state index contributed by atoms with van der Waals surface area (Å²) in [6.45, 7) is 2.00.